The summed E-state index contributed by atoms with van der Waals surface area (Å²) in [4.78, 5) is 0. The fraction of sp³-hybridized carbons (Fsp3) is 0.0476. The standard InChI is InChI=1S/C21H19P/c1-17(2)18-13-15-21(16-14-18)22(19-9-5-3-6-10-19)20-11-7-4-8-12-20/h3-16H,1H2,2H3. The summed E-state index contributed by atoms with van der Waals surface area (Å²) in [6, 6.07) is 30.4. The molecule has 0 unspecified atom stereocenters. The summed E-state index contributed by atoms with van der Waals surface area (Å²) in [5.74, 6) is 0. The van der Waals surface area contributed by atoms with Crippen LogP contribution in [0, 0.1) is 0 Å². The molecule has 1 heteroatoms. The normalized spacial score (nSPS) is 10.6. The van der Waals surface area contributed by atoms with E-state index in [0.29, 0.717) is 0 Å². The second kappa shape index (κ2) is 6.73. The fourth-order valence-corrected chi connectivity index (χ4v) is 4.78. The number of hydrogen-bond acceptors (Lipinski definition) is 0. The van der Waals surface area contributed by atoms with E-state index in [4.69, 9.17) is 0 Å². The molecule has 3 aromatic rings. The van der Waals surface area contributed by atoms with Gasteiger partial charge in [0.1, 0.15) is 0 Å². The van der Waals surface area contributed by atoms with Gasteiger partial charge in [-0.25, -0.2) is 0 Å². The van der Waals surface area contributed by atoms with E-state index < -0.39 is 7.92 Å². The van der Waals surface area contributed by atoms with Crippen LogP contribution in [0.3, 0.4) is 0 Å². The van der Waals surface area contributed by atoms with Gasteiger partial charge in [0.15, 0.2) is 0 Å². The molecule has 22 heavy (non-hydrogen) atoms. The van der Waals surface area contributed by atoms with Crippen LogP contribution < -0.4 is 15.9 Å². The summed E-state index contributed by atoms with van der Waals surface area (Å²) in [5.41, 5.74) is 2.31. The average molecular weight is 302 g/mol. The molecule has 0 heterocycles. The second-order valence-corrected chi connectivity index (χ2v) is 7.55. The number of hydrogen-bond donors (Lipinski definition) is 0. The summed E-state index contributed by atoms with van der Waals surface area (Å²) in [7, 11) is -0.507. The highest BCUT2D eigenvalue weighted by Crippen LogP contribution is 2.32. The second-order valence-electron chi connectivity index (χ2n) is 5.33. The van der Waals surface area contributed by atoms with Gasteiger partial charge in [0.25, 0.3) is 0 Å². The number of allylic oxidation sites excluding steroid dienone is 1. The summed E-state index contributed by atoms with van der Waals surface area (Å²) in [5, 5.41) is 4.14. The predicted octanol–water partition coefficient (Wildman–Crippen LogP) is 4.48. The van der Waals surface area contributed by atoms with E-state index in [1.165, 1.54) is 21.5 Å². The van der Waals surface area contributed by atoms with E-state index in [1.807, 2.05) is 6.92 Å². The third kappa shape index (κ3) is 3.18. The Morgan fingerprint density at radius 2 is 1.05 bits per heavy atom. The molecular formula is C21H19P. The molecule has 0 spiro atoms. The highest BCUT2D eigenvalue weighted by Gasteiger charge is 2.15. The van der Waals surface area contributed by atoms with Crippen molar-refractivity contribution in [2.24, 2.45) is 0 Å². The molecule has 3 aromatic carbocycles. The van der Waals surface area contributed by atoms with Crippen LogP contribution in [-0.4, -0.2) is 0 Å². The van der Waals surface area contributed by atoms with E-state index in [0.717, 1.165) is 5.57 Å². The highest BCUT2D eigenvalue weighted by atomic mass is 31.1. The van der Waals surface area contributed by atoms with E-state index in [1.54, 1.807) is 0 Å². The lowest BCUT2D eigenvalue weighted by molar-refractivity contribution is 1.60. The molecule has 0 nitrogen and oxygen atoms in total. The Kier molecular flexibility index (Phi) is 4.51. The molecule has 0 aliphatic rings. The first-order valence-electron chi connectivity index (χ1n) is 7.42. The lowest BCUT2D eigenvalue weighted by Gasteiger charge is -2.19. The fourth-order valence-electron chi connectivity index (χ4n) is 2.50. The quantitative estimate of drug-likeness (QED) is 0.623. The van der Waals surface area contributed by atoms with Crippen molar-refractivity contribution in [2.45, 2.75) is 6.92 Å². The van der Waals surface area contributed by atoms with Gasteiger partial charge in [-0.2, -0.15) is 0 Å². The average Bonchev–Trinajstić information content (AvgIpc) is 2.57. The van der Waals surface area contributed by atoms with Gasteiger partial charge < -0.3 is 0 Å². The third-order valence-corrected chi connectivity index (χ3v) is 6.09. The molecule has 0 amide bonds. The molecule has 0 fully saturated rings. The van der Waals surface area contributed by atoms with Crippen molar-refractivity contribution < 1.29 is 0 Å². The molecule has 0 radical (unpaired) electrons. The zero-order valence-corrected chi connectivity index (χ0v) is 13.6. The Balaban J connectivity index is 2.08. The van der Waals surface area contributed by atoms with Crippen LogP contribution in [0.5, 0.6) is 0 Å². The Labute approximate surface area is 133 Å². The first-order chi connectivity index (χ1) is 10.8. The molecule has 108 valence electrons. The summed E-state index contributed by atoms with van der Waals surface area (Å²) < 4.78 is 0. The smallest absolute Gasteiger partial charge is 0.0134 e. The molecule has 0 atom stereocenters. The van der Waals surface area contributed by atoms with Gasteiger partial charge in [-0.05, 0) is 36.3 Å². The van der Waals surface area contributed by atoms with Crippen molar-refractivity contribution in [1.82, 2.24) is 0 Å². The maximum atomic E-state index is 4.02. The van der Waals surface area contributed by atoms with Crippen LogP contribution in [0.1, 0.15) is 12.5 Å². The van der Waals surface area contributed by atoms with Crippen molar-refractivity contribution in [3.63, 3.8) is 0 Å². The summed E-state index contributed by atoms with van der Waals surface area (Å²) in [6.07, 6.45) is 0. The molecular weight excluding hydrogens is 283 g/mol. The van der Waals surface area contributed by atoms with Crippen LogP contribution in [0.25, 0.3) is 5.57 Å². The van der Waals surface area contributed by atoms with Crippen molar-refractivity contribution >= 4 is 29.4 Å². The van der Waals surface area contributed by atoms with E-state index in [2.05, 4.69) is 91.5 Å². The van der Waals surface area contributed by atoms with Crippen molar-refractivity contribution in [3.05, 3.63) is 97.1 Å². The maximum Gasteiger partial charge on any atom is -0.0134 e. The molecule has 0 saturated carbocycles. The first kappa shape index (κ1) is 14.8. The van der Waals surface area contributed by atoms with E-state index in [-0.39, 0.29) is 0 Å². The van der Waals surface area contributed by atoms with Gasteiger partial charge in [-0.1, -0.05) is 97.1 Å². The molecule has 0 saturated heterocycles. The molecule has 0 aliphatic carbocycles. The van der Waals surface area contributed by atoms with Crippen molar-refractivity contribution in [3.8, 4) is 0 Å². The van der Waals surface area contributed by atoms with E-state index >= 15 is 0 Å². The molecule has 0 bridgehead atoms. The third-order valence-electron chi connectivity index (χ3n) is 3.65. The summed E-state index contributed by atoms with van der Waals surface area (Å²) >= 11 is 0. The monoisotopic (exact) mass is 302 g/mol. The molecule has 0 aliphatic heterocycles. The van der Waals surface area contributed by atoms with Crippen LogP contribution in [0.4, 0.5) is 0 Å². The van der Waals surface area contributed by atoms with Crippen molar-refractivity contribution in [1.29, 1.82) is 0 Å². The predicted molar refractivity (Wildman–Crippen MR) is 99.9 cm³/mol. The van der Waals surface area contributed by atoms with Gasteiger partial charge in [0, 0.05) is 0 Å². The minimum Gasteiger partial charge on any atom is -0.0955 e. The Morgan fingerprint density at radius 3 is 1.45 bits per heavy atom. The van der Waals surface area contributed by atoms with E-state index in [9.17, 15) is 0 Å². The number of benzene rings is 3. The number of rotatable bonds is 4. The van der Waals surface area contributed by atoms with Crippen LogP contribution in [-0.2, 0) is 0 Å². The Bertz CT molecular complexity index is 703. The van der Waals surface area contributed by atoms with Crippen LogP contribution in [0.15, 0.2) is 91.5 Å². The Hall–Kier alpha value is -2.17. The SMILES string of the molecule is C=C(C)c1ccc(P(c2ccccc2)c2ccccc2)cc1. The van der Waals surface area contributed by atoms with Gasteiger partial charge in [-0.3, -0.25) is 0 Å². The first-order valence-corrected chi connectivity index (χ1v) is 8.76. The van der Waals surface area contributed by atoms with Gasteiger partial charge in [0.2, 0.25) is 0 Å². The molecule has 0 N–H and O–H groups in total. The minimum absolute atomic E-state index is 0.507. The zero-order chi connectivity index (χ0) is 15.4. The zero-order valence-electron chi connectivity index (χ0n) is 12.7. The molecule has 0 aromatic heterocycles. The summed E-state index contributed by atoms with van der Waals surface area (Å²) in [6.45, 7) is 6.07. The molecule has 3 rings (SSSR count). The topological polar surface area (TPSA) is 0 Å². The van der Waals surface area contributed by atoms with Gasteiger partial charge in [0.05, 0.1) is 0 Å². The highest BCUT2D eigenvalue weighted by molar-refractivity contribution is 7.79. The lowest BCUT2D eigenvalue weighted by Crippen LogP contribution is -2.20. The van der Waals surface area contributed by atoms with Crippen LogP contribution in [0.2, 0.25) is 0 Å². The van der Waals surface area contributed by atoms with Crippen molar-refractivity contribution in [2.75, 3.05) is 0 Å². The van der Waals surface area contributed by atoms with Gasteiger partial charge >= 0.3 is 0 Å². The minimum atomic E-state index is -0.507. The largest absolute Gasteiger partial charge is 0.0955 e. The van der Waals surface area contributed by atoms with Gasteiger partial charge in [-0.15, -0.1) is 0 Å². The Morgan fingerprint density at radius 1 is 0.636 bits per heavy atom. The lowest BCUT2D eigenvalue weighted by atomic mass is 10.1. The van der Waals surface area contributed by atoms with Crippen LogP contribution >= 0.6 is 7.92 Å². The maximum absolute atomic E-state index is 4.02.